The maximum Gasteiger partial charge on any atom is 0.268 e. The van der Waals surface area contributed by atoms with Gasteiger partial charge < -0.3 is 15.2 Å². The fourth-order valence-electron chi connectivity index (χ4n) is 5.00. The highest BCUT2D eigenvalue weighted by Gasteiger charge is 2.32. The molecule has 8 nitrogen and oxygen atoms in total. The lowest BCUT2D eigenvalue weighted by molar-refractivity contribution is 0.101. The van der Waals surface area contributed by atoms with Gasteiger partial charge >= 0.3 is 0 Å². The van der Waals surface area contributed by atoms with Crippen LogP contribution in [0.2, 0.25) is 0 Å². The molecule has 194 valence electrons. The average molecular weight is 530 g/mol. The van der Waals surface area contributed by atoms with Gasteiger partial charge in [0, 0.05) is 49.9 Å². The zero-order valence-corrected chi connectivity index (χ0v) is 21.7. The number of fused-ring (bicyclic) bond motifs is 2. The number of Topliss-reactive ketones (excluding diaryl/α,β-unsaturated/α-hetero) is 1. The van der Waals surface area contributed by atoms with Crippen molar-refractivity contribution in [3.63, 3.8) is 0 Å². The third-order valence-electron chi connectivity index (χ3n) is 7.08. The van der Waals surface area contributed by atoms with Gasteiger partial charge in [0.15, 0.2) is 5.76 Å². The molecule has 3 aromatic carbocycles. The average Bonchev–Trinajstić information content (AvgIpc) is 3.45. The zero-order valence-electron chi connectivity index (χ0n) is 20.8. The van der Waals surface area contributed by atoms with E-state index in [0.717, 1.165) is 31.7 Å². The monoisotopic (exact) mass is 529 g/mol. The molecule has 9 heteroatoms. The summed E-state index contributed by atoms with van der Waals surface area (Å²) in [6.07, 6.45) is 3.10. The molecule has 1 saturated heterocycles. The van der Waals surface area contributed by atoms with E-state index in [9.17, 15) is 18.3 Å². The number of rotatable bonds is 5. The molecule has 2 aliphatic heterocycles. The summed E-state index contributed by atoms with van der Waals surface area (Å²) < 4.78 is 34.4. The summed E-state index contributed by atoms with van der Waals surface area (Å²) in [5.74, 6) is 0.218. The van der Waals surface area contributed by atoms with E-state index in [2.05, 4.69) is 10.2 Å². The Kier molecular flexibility index (Phi) is 6.06. The first-order valence-corrected chi connectivity index (χ1v) is 13.9. The van der Waals surface area contributed by atoms with Crippen LogP contribution < -0.4 is 10.1 Å². The van der Waals surface area contributed by atoms with Gasteiger partial charge in [-0.05, 0) is 43.3 Å². The van der Waals surface area contributed by atoms with Crippen LogP contribution in [0, 0.1) is 6.92 Å². The van der Waals surface area contributed by atoms with Crippen LogP contribution in [0.15, 0.2) is 77.5 Å². The van der Waals surface area contributed by atoms with Gasteiger partial charge in [0.25, 0.3) is 10.0 Å². The van der Waals surface area contributed by atoms with Gasteiger partial charge in [-0.3, -0.25) is 9.69 Å². The molecule has 0 aliphatic carbocycles. The van der Waals surface area contributed by atoms with Crippen molar-refractivity contribution in [1.29, 1.82) is 0 Å². The molecule has 3 heterocycles. The Morgan fingerprint density at radius 1 is 1.03 bits per heavy atom. The number of allylic oxidation sites excluding steroid dienone is 1. The Labute approximate surface area is 220 Å². The minimum atomic E-state index is -3.87. The van der Waals surface area contributed by atoms with Crippen LogP contribution in [0.1, 0.15) is 27.0 Å². The predicted molar refractivity (Wildman–Crippen MR) is 145 cm³/mol. The van der Waals surface area contributed by atoms with Crippen molar-refractivity contribution in [3.8, 4) is 11.5 Å². The first kappa shape index (κ1) is 24.4. The standard InChI is InChI=1S/C29H27N3O5S/c1-19-6-8-21(9-7-19)38(35,36)32-17-20(22-4-2-3-5-25(22)32)16-27-28(34)23-10-11-26(33)24(29(23)37-27)18-31-14-12-30-13-15-31/h2-11,16-17,30,33H,12-15,18H2,1H3. The van der Waals surface area contributed by atoms with E-state index in [1.165, 1.54) is 16.2 Å². The second kappa shape index (κ2) is 9.43. The van der Waals surface area contributed by atoms with E-state index in [1.54, 1.807) is 48.5 Å². The van der Waals surface area contributed by atoms with Gasteiger partial charge in [0.1, 0.15) is 11.5 Å². The fourth-order valence-corrected chi connectivity index (χ4v) is 6.37. The van der Waals surface area contributed by atoms with Gasteiger partial charge in [0.2, 0.25) is 5.78 Å². The highest BCUT2D eigenvalue weighted by molar-refractivity contribution is 7.90. The molecule has 0 radical (unpaired) electrons. The van der Waals surface area contributed by atoms with Crippen molar-refractivity contribution < 1.29 is 23.1 Å². The Bertz CT molecular complexity index is 1700. The van der Waals surface area contributed by atoms with Crippen LogP contribution in [0.4, 0.5) is 0 Å². The molecule has 0 atom stereocenters. The number of para-hydroxylation sites is 1. The number of phenols is 1. The lowest BCUT2D eigenvalue weighted by atomic mass is 10.0. The van der Waals surface area contributed by atoms with Crippen molar-refractivity contribution in [2.75, 3.05) is 26.2 Å². The molecule has 0 saturated carbocycles. The molecule has 2 aliphatic rings. The van der Waals surface area contributed by atoms with Gasteiger partial charge in [-0.15, -0.1) is 0 Å². The molecule has 1 fully saturated rings. The van der Waals surface area contributed by atoms with E-state index < -0.39 is 10.0 Å². The second-order valence-corrected chi connectivity index (χ2v) is 11.4. The molecule has 0 bridgehead atoms. The number of aryl methyl sites for hydroxylation is 1. The number of aromatic hydroxyl groups is 1. The van der Waals surface area contributed by atoms with Gasteiger partial charge in [0.05, 0.1) is 21.5 Å². The topological polar surface area (TPSA) is 101 Å². The highest BCUT2D eigenvalue weighted by Crippen LogP contribution is 2.40. The Hall–Kier alpha value is -3.92. The Morgan fingerprint density at radius 2 is 1.76 bits per heavy atom. The minimum Gasteiger partial charge on any atom is -0.507 e. The van der Waals surface area contributed by atoms with Crippen LogP contribution in [-0.4, -0.2) is 54.4 Å². The zero-order chi connectivity index (χ0) is 26.4. The van der Waals surface area contributed by atoms with Crippen LogP contribution in [0.25, 0.3) is 17.0 Å². The molecule has 0 spiro atoms. The molecule has 6 rings (SSSR count). The summed E-state index contributed by atoms with van der Waals surface area (Å²) >= 11 is 0. The van der Waals surface area contributed by atoms with E-state index in [-0.39, 0.29) is 22.2 Å². The van der Waals surface area contributed by atoms with Crippen molar-refractivity contribution in [2.24, 2.45) is 0 Å². The smallest absolute Gasteiger partial charge is 0.268 e. The third kappa shape index (κ3) is 4.18. The number of benzene rings is 3. The lowest BCUT2D eigenvalue weighted by Gasteiger charge is -2.27. The molecule has 0 unspecified atom stereocenters. The quantitative estimate of drug-likeness (QED) is 0.378. The van der Waals surface area contributed by atoms with E-state index >= 15 is 0 Å². The number of ether oxygens (including phenoxy) is 1. The number of carbonyl (C=O) groups excluding carboxylic acids is 1. The third-order valence-corrected chi connectivity index (χ3v) is 8.77. The number of hydrogen-bond donors (Lipinski definition) is 2. The van der Waals surface area contributed by atoms with Crippen molar-refractivity contribution in [1.82, 2.24) is 14.2 Å². The van der Waals surface area contributed by atoms with E-state index in [1.807, 2.05) is 19.1 Å². The lowest BCUT2D eigenvalue weighted by Crippen LogP contribution is -2.42. The number of nitrogens with zero attached hydrogens (tertiary/aromatic N) is 2. The summed E-state index contributed by atoms with van der Waals surface area (Å²) in [6.45, 7) is 5.73. The molecule has 4 aromatic rings. The van der Waals surface area contributed by atoms with Crippen LogP contribution in [0.3, 0.4) is 0 Å². The van der Waals surface area contributed by atoms with Crippen molar-refractivity contribution in [3.05, 3.63) is 94.9 Å². The number of hydrogen-bond acceptors (Lipinski definition) is 7. The fraction of sp³-hybridized carbons (Fsp3) is 0.207. The molecular formula is C29H27N3O5S. The first-order chi connectivity index (χ1) is 18.3. The number of phenolic OH excluding ortho intramolecular Hbond substituents is 1. The summed E-state index contributed by atoms with van der Waals surface area (Å²) in [5.41, 5.74) is 2.96. The number of nitrogens with one attached hydrogen (secondary N) is 1. The van der Waals surface area contributed by atoms with Crippen LogP contribution in [0.5, 0.6) is 11.5 Å². The van der Waals surface area contributed by atoms with Gasteiger partial charge in [-0.25, -0.2) is 12.4 Å². The second-order valence-electron chi connectivity index (χ2n) is 9.62. The minimum absolute atomic E-state index is 0.0807. The first-order valence-electron chi connectivity index (χ1n) is 12.5. The summed E-state index contributed by atoms with van der Waals surface area (Å²) in [4.78, 5) is 15.7. The maximum absolute atomic E-state index is 13.5. The Balaban J connectivity index is 1.40. The van der Waals surface area contributed by atoms with Gasteiger partial charge in [-0.1, -0.05) is 35.9 Å². The molecule has 38 heavy (non-hydrogen) atoms. The number of aromatic nitrogens is 1. The SMILES string of the molecule is Cc1ccc(S(=O)(=O)n2cc(C=C3Oc4c(ccc(O)c4CN4CCNCC4)C3=O)c3ccccc32)cc1. The van der Waals surface area contributed by atoms with Crippen LogP contribution >= 0.6 is 0 Å². The number of ketones is 1. The maximum atomic E-state index is 13.5. The summed E-state index contributed by atoms with van der Waals surface area (Å²) in [5, 5.41) is 14.6. The Morgan fingerprint density at radius 3 is 2.53 bits per heavy atom. The number of carbonyl (C=O) groups is 1. The molecule has 2 N–H and O–H groups in total. The summed E-state index contributed by atoms with van der Waals surface area (Å²) in [7, 11) is -3.87. The highest BCUT2D eigenvalue weighted by atomic mass is 32.2. The molecule has 1 aromatic heterocycles. The summed E-state index contributed by atoms with van der Waals surface area (Å²) in [6, 6.07) is 16.9. The molecular weight excluding hydrogens is 502 g/mol. The molecule has 0 amide bonds. The number of piperazine rings is 1. The van der Waals surface area contributed by atoms with Gasteiger partial charge in [-0.2, -0.15) is 0 Å². The van der Waals surface area contributed by atoms with Crippen molar-refractivity contribution in [2.45, 2.75) is 18.4 Å². The normalized spacial score (nSPS) is 17.2. The largest absolute Gasteiger partial charge is 0.507 e. The predicted octanol–water partition coefficient (Wildman–Crippen LogP) is 3.91. The van der Waals surface area contributed by atoms with E-state index in [4.69, 9.17) is 4.74 Å². The van der Waals surface area contributed by atoms with E-state index in [0.29, 0.717) is 39.9 Å². The van der Waals surface area contributed by atoms with Crippen LogP contribution in [-0.2, 0) is 16.6 Å². The van der Waals surface area contributed by atoms with Crippen molar-refractivity contribution >= 4 is 32.8 Å².